The van der Waals surface area contributed by atoms with Gasteiger partial charge in [-0.3, -0.25) is 4.79 Å². The van der Waals surface area contributed by atoms with E-state index in [1.807, 2.05) is 12.1 Å². The van der Waals surface area contributed by atoms with Gasteiger partial charge in [0.2, 0.25) is 0 Å². The van der Waals surface area contributed by atoms with E-state index in [0.717, 1.165) is 5.56 Å². The van der Waals surface area contributed by atoms with Crippen LogP contribution in [0.3, 0.4) is 0 Å². The highest BCUT2D eigenvalue weighted by atomic mass is 16.5. The highest BCUT2D eigenvalue weighted by Gasteiger charge is 2.08. The Kier molecular flexibility index (Phi) is 6.35. The molecule has 2 N–H and O–H groups in total. The van der Waals surface area contributed by atoms with Gasteiger partial charge in [-0.1, -0.05) is 12.1 Å². The van der Waals surface area contributed by atoms with Crippen LogP contribution in [0.4, 0.5) is 0 Å². The Morgan fingerprint density at radius 2 is 1.94 bits per heavy atom. The van der Waals surface area contributed by atoms with Crippen LogP contribution in [-0.2, 0) is 16.1 Å². The molecule has 1 rings (SSSR count). The van der Waals surface area contributed by atoms with Crippen molar-refractivity contribution in [2.24, 2.45) is 0 Å². The van der Waals surface area contributed by atoms with E-state index in [1.165, 1.54) is 7.11 Å². The largest absolute Gasteiger partial charge is 0.389 e. The van der Waals surface area contributed by atoms with Crippen molar-refractivity contribution < 1.29 is 19.4 Å². The van der Waals surface area contributed by atoms with E-state index in [9.17, 15) is 9.90 Å². The van der Waals surface area contributed by atoms with Gasteiger partial charge in [-0.05, 0) is 17.7 Å². The zero-order valence-electron chi connectivity index (χ0n) is 10.7. The summed E-state index contributed by atoms with van der Waals surface area (Å²) in [4.78, 5) is 11.7. The predicted molar refractivity (Wildman–Crippen MR) is 67.4 cm³/mol. The Balaban J connectivity index is 2.46. The summed E-state index contributed by atoms with van der Waals surface area (Å²) >= 11 is 0. The number of amides is 1. The summed E-state index contributed by atoms with van der Waals surface area (Å²) in [7, 11) is 3.12. The molecule has 0 bridgehead atoms. The predicted octanol–water partition coefficient (Wildman–Crippen LogP) is 0.570. The second-order valence-electron chi connectivity index (χ2n) is 3.95. The van der Waals surface area contributed by atoms with Crippen molar-refractivity contribution >= 4 is 5.91 Å². The van der Waals surface area contributed by atoms with E-state index in [0.29, 0.717) is 12.2 Å². The van der Waals surface area contributed by atoms with Gasteiger partial charge in [-0.15, -0.1) is 0 Å². The number of hydrogen-bond donors (Lipinski definition) is 2. The first-order chi connectivity index (χ1) is 8.67. The molecule has 18 heavy (non-hydrogen) atoms. The topological polar surface area (TPSA) is 67.8 Å². The monoisotopic (exact) mass is 253 g/mol. The number of nitrogens with one attached hydrogen (secondary N) is 1. The van der Waals surface area contributed by atoms with Crippen molar-refractivity contribution in [1.29, 1.82) is 0 Å². The average Bonchev–Trinajstić information content (AvgIpc) is 2.37. The molecule has 1 unspecified atom stereocenters. The van der Waals surface area contributed by atoms with Crippen LogP contribution in [0.5, 0.6) is 0 Å². The molecule has 0 spiro atoms. The molecule has 1 aromatic carbocycles. The van der Waals surface area contributed by atoms with Gasteiger partial charge in [0.05, 0.1) is 19.3 Å². The first-order valence-corrected chi connectivity index (χ1v) is 5.70. The van der Waals surface area contributed by atoms with Crippen LogP contribution in [0, 0.1) is 0 Å². The molecule has 0 saturated carbocycles. The number of rotatable bonds is 7. The number of aliphatic hydroxyl groups is 1. The van der Waals surface area contributed by atoms with Crippen molar-refractivity contribution in [2.75, 3.05) is 27.4 Å². The second kappa shape index (κ2) is 7.81. The quantitative estimate of drug-likeness (QED) is 0.745. The minimum atomic E-state index is -0.688. The van der Waals surface area contributed by atoms with Crippen molar-refractivity contribution in [3.8, 4) is 0 Å². The summed E-state index contributed by atoms with van der Waals surface area (Å²) in [6.07, 6.45) is -0.688. The third kappa shape index (κ3) is 4.83. The highest BCUT2D eigenvalue weighted by Crippen LogP contribution is 2.05. The Bertz CT molecular complexity index is 364. The maximum Gasteiger partial charge on any atom is 0.251 e. The zero-order chi connectivity index (χ0) is 13.4. The third-order valence-corrected chi connectivity index (χ3v) is 2.38. The van der Waals surface area contributed by atoms with E-state index in [-0.39, 0.29) is 19.1 Å². The molecule has 0 saturated heterocycles. The molecule has 0 radical (unpaired) electrons. The van der Waals surface area contributed by atoms with Crippen LogP contribution < -0.4 is 5.32 Å². The van der Waals surface area contributed by atoms with Crippen LogP contribution >= 0.6 is 0 Å². The molecule has 0 aromatic heterocycles. The van der Waals surface area contributed by atoms with Crippen LogP contribution in [0.25, 0.3) is 0 Å². The van der Waals surface area contributed by atoms with E-state index < -0.39 is 6.10 Å². The molecule has 0 heterocycles. The molecule has 0 aliphatic carbocycles. The van der Waals surface area contributed by atoms with Crippen molar-refractivity contribution in [3.63, 3.8) is 0 Å². The summed E-state index contributed by atoms with van der Waals surface area (Å²) in [6, 6.07) is 7.13. The normalized spacial score (nSPS) is 12.2. The van der Waals surface area contributed by atoms with Gasteiger partial charge >= 0.3 is 0 Å². The number of aliphatic hydroxyl groups excluding tert-OH is 1. The van der Waals surface area contributed by atoms with Crippen LogP contribution in [0.2, 0.25) is 0 Å². The van der Waals surface area contributed by atoms with Crippen LogP contribution in [0.1, 0.15) is 15.9 Å². The number of hydrogen-bond acceptors (Lipinski definition) is 4. The maximum atomic E-state index is 11.7. The first-order valence-electron chi connectivity index (χ1n) is 5.70. The lowest BCUT2D eigenvalue weighted by atomic mass is 10.1. The average molecular weight is 253 g/mol. The number of ether oxygens (including phenoxy) is 2. The van der Waals surface area contributed by atoms with E-state index in [1.54, 1.807) is 19.2 Å². The molecule has 1 aromatic rings. The SMILES string of the molecule is COCc1ccc(C(=O)NCC(O)COC)cc1. The molecule has 0 aliphatic heterocycles. The second-order valence-corrected chi connectivity index (χ2v) is 3.95. The van der Waals surface area contributed by atoms with Gasteiger partial charge < -0.3 is 19.9 Å². The van der Waals surface area contributed by atoms with Gasteiger partial charge in [-0.2, -0.15) is 0 Å². The summed E-state index contributed by atoms with van der Waals surface area (Å²) in [5.41, 5.74) is 1.56. The molecule has 5 nitrogen and oxygen atoms in total. The fourth-order valence-corrected chi connectivity index (χ4v) is 1.48. The standard InChI is InChI=1S/C13H19NO4/c1-17-8-10-3-5-11(6-4-10)13(16)14-7-12(15)9-18-2/h3-6,12,15H,7-9H2,1-2H3,(H,14,16). The Labute approximate surface area is 107 Å². The van der Waals surface area contributed by atoms with Crippen molar-refractivity contribution in [3.05, 3.63) is 35.4 Å². The molecule has 5 heteroatoms. The number of carbonyl (C=O) groups is 1. The minimum absolute atomic E-state index is 0.173. The molecule has 1 amide bonds. The molecule has 100 valence electrons. The van der Waals surface area contributed by atoms with Gasteiger partial charge in [0, 0.05) is 26.3 Å². The van der Waals surface area contributed by atoms with Gasteiger partial charge in [0.25, 0.3) is 5.91 Å². The fourth-order valence-electron chi connectivity index (χ4n) is 1.48. The van der Waals surface area contributed by atoms with Gasteiger partial charge in [0.15, 0.2) is 0 Å². The highest BCUT2D eigenvalue weighted by molar-refractivity contribution is 5.94. The molecule has 1 atom stereocenters. The van der Waals surface area contributed by atoms with Crippen molar-refractivity contribution in [1.82, 2.24) is 5.32 Å². The Morgan fingerprint density at radius 3 is 2.50 bits per heavy atom. The molecular weight excluding hydrogens is 234 g/mol. The Hall–Kier alpha value is -1.43. The number of carbonyl (C=O) groups excluding carboxylic acids is 1. The van der Waals surface area contributed by atoms with E-state index >= 15 is 0 Å². The smallest absolute Gasteiger partial charge is 0.251 e. The summed E-state index contributed by atoms with van der Waals surface area (Å²) < 4.78 is 9.76. The molecule has 0 fully saturated rings. The van der Waals surface area contributed by atoms with Gasteiger partial charge in [0.1, 0.15) is 0 Å². The van der Waals surface area contributed by atoms with Gasteiger partial charge in [-0.25, -0.2) is 0 Å². The van der Waals surface area contributed by atoms with Crippen LogP contribution in [0.15, 0.2) is 24.3 Å². The summed E-state index contributed by atoms with van der Waals surface area (Å²) in [5, 5.41) is 12.0. The molecule has 0 aliphatic rings. The summed E-state index contributed by atoms with van der Waals surface area (Å²) in [6.45, 7) is 0.897. The van der Waals surface area contributed by atoms with E-state index in [2.05, 4.69) is 5.32 Å². The lowest BCUT2D eigenvalue weighted by molar-refractivity contribution is 0.0610. The lowest BCUT2D eigenvalue weighted by Crippen LogP contribution is -2.34. The third-order valence-electron chi connectivity index (χ3n) is 2.38. The number of benzene rings is 1. The maximum absolute atomic E-state index is 11.7. The fraction of sp³-hybridized carbons (Fsp3) is 0.462. The zero-order valence-corrected chi connectivity index (χ0v) is 10.7. The molecular formula is C13H19NO4. The summed E-state index contributed by atoms with van der Waals surface area (Å²) in [5.74, 6) is -0.214. The van der Waals surface area contributed by atoms with Crippen LogP contribution in [-0.4, -0.2) is 44.5 Å². The first kappa shape index (κ1) is 14.6. The van der Waals surface area contributed by atoms with E-state index in [4.69, 9.17) is 9.47 Å². The van der Waals surface area contributed by atoms with Crippen molar-refractivity contribution in [2.45, 2.75) is 12.7 Å². The lowest BCUT2D eigenvalue weighted by Gasteiger charge is -2.11. The minimum Gasteiger partial charge on any atom is -0.389 e. The number of methoxy groups -OCH3 is 2. The Morgan fingerprint density at radius 1 is 1.28 bits per heavy atom.